The smallest absolute Gasteiger partial charge is 0.320 e. The van der Waals surface area contributed by atoms with Gasteiger partial charge < -0.3 is 19.9 Å². The topological polar surface area (TPSA) is 61.9 Å². The molecule has 6 nitrogen and oxygen atoms in total. The highest BCUT2D eigenvalue weighted by Crippen LogP contribution is 2.29. The number of hydrogen-bond acceptors (Lipinski definition) is 3. The molecule has 3 rings (SSSR count). The maximum Gasteiger partial charge on any atom is 0.320 e. The molecular weight excluding hydrogens is 378 g/mol. The van der Waals surface area contributed by atoms with Crippen LogP contribution in [0.4, 0.5) is 10.5 Å². The van der Waals surface area contributed by atoms with Gasteiger partial charge in [-0.2, -0.15) is 0 Å². The second-order valence-corrected chi connectivity index (χ2v) is 8.51. The Morgan fingerprint density at radius 3 is 2.57 bits per heavy atom. The van der Waals surface area contributed by atoms with Crippen LogP contribution < -0.4 is 10.1 Å². The molecule has 154 valence electrons. The number of urea groups is 1. The van der Waals surface area contributed by atoms with Gasteiger partial charge in [-0.05, 0) is 49.8 Å². The zero-order valence-electron chi connectivity index (χ0n) is 16.7. The van der Waals surface area contributed by atoms with Crippen molar-refractivity contribution in [1.29, 1.82) is 0 Å². The van der Waals surface area contributed by atoms with Crippen molar-refractivity contribution in [1.82, 2.24) is 9.80 Å². The standard InChI is InChI=1S/C21H30ClN3O3/c1-15(2)14-28-19-8-7-17(12-18(19)22)23-20(26)16-6-5-11-25(13-16)21(27)24-9-3-4-10-24/h7-8,12,15-16H,3-6,9-11,13-14H2,1-2H3,(H,23,26)/t16-/m0/s1. The van der Waals surface area contributed by atoms with Gasteiger partial charge in [0, 0.05) is 31.9 Å². The fourth-order valence-corrected chi connectivity index (χ4v) is 3.90. The predicted octanol–water partition coefficient (Wildman–Crippen LogP) is 4.24. The van der Waals surface area contributed by atoms with Crippen LogP contribution in [-0.2, 0) is 4.79 Å². The molecule has 1 atom stereocenters. The molecule has 0 radical (unpaired) electrons. The Hall–Kier alpha value is -1.95. The number of benzene rings is 1. The van der Waals surface area contributed by atoms with E-state index in [1.54, 1.807) is 18.2 Å². The first kappa shape index (κ1) is 20.8. The number of anilines is 1. The van der Waals surface area contributed by atoms with Crippen molar-refractivity contribution in [2.24, 2.45) is 11.8 Å². The summed E-state index contributed by atoms with van der Waals surface area (Å²) in [5.74, 6) is 0.767. The third kappa shape index (κ3) is 5.31. The van der Waals surface area contributed by atoms with Crippen LogP contribution in [0.1, 0.15) is 39.5 Å². The summed E-state index contributed by atoms with van der Waals surface area (Å²) < 4.78 is 5.67. The van der Waals surface area contributed by atoms with E-state index in [2.05, 4.69) is 19.2 Å². The molecule has 0 unspecified atom stereocenters. The first-order valence-electron chi connectivity index (χ1n) is 10.2. The van der Waals surface area contributed by atoms with Gasteiger partial charge in [0.2, 0.25) is 5.91 Å². The fraction of sp³-hybridized carbons (Fsp3) is 0.619. The molecule has 7 heteroatoms. The van der Waals surface area contributed by atoms with Crippen molar-refractivity contribution < 1.29 is 14.3 Å². The minimum Gasteiger partial charge on any atom is -0.492 e. The number of nitrogens with one attached hydrogen (secondary N) is 1. The third-order valence-electron chi connectivity index (χ3n) is 5.21. The summed E-state index contributed by atoms with van der Waals surface area (Å²) in [5.41, 5.74) is 0.648. The average Bonchev–Trinajstić information content (AvgIpc) is 3.21. The van der Waals surface area contributed by atoms with E-state index in [9.17, 15) is 9.59 Å². The van der Waals surface area contributed by atoms with Gasteiger partial charge >= 0.3 is 6.03 Å². The van der Waals surface area contributed by atoms with Crippen molar-refractivity contribution in [3.63, 3.8) is 0 Å². The maximum absolute atomic E-state index is 12.7. The Balaban J connectivity index is 1.56. The van der Waals surface area contributed by atoms with Crippen LogP contribution in [0, 0.1) is 11.8 Å². The third-order valence-corrected chi connectivity index (χ3v) is 5.51. The number of hydrogen-bond donors (Lipinski definition) is 1. The van der Waals surface area contributed by atoms with Crippen molar-refractivity contribution in [3.05, 3.63) is 23.2 Å². The summed E-state index contributed by atoms with van der Waals surface area (Å²) in [6.07, 6.45) is 3.78. The van der Waals surface area contributed by atoms with E-state index in [1.165, 1.54) is 0 Å². The molecule has 2 heterocycles. The Morgan fingerprint density at radius 1 is 1.18 bits per heavy atom. The molecule has 2 aliphatic heterocycles. The number of carbonyl (C=O) groups excluding carboxylic acids is 2. The van der Waals surface area contributed by atoms with Crippen LogP contribution in [-0.4, -0.2) is 54.5 Å². The fourth-order valence-electron chi connectivity index (χ4n) is 3.67. The Morgan fingerprint density at radius 2 is 1.89 bits per heavy atom. The monoisotopic (exact) mass is 407 g/mol. The molecule has 1 N–H and O–H groups in total. The van der Waals surface area contributed by atoms with E-state index in [-0.39, 0.29) is 17.9 Å². The number of rotatable bonds is 5. The highest BCUT2D eigenvalue weighted by atomic mass is 35.5. The Labute approximate surface area is 172 Å². The molecule has 2 aliphatic rings. The highest BCUT2D eigenvalue weighted by Gasteiger charge is 2.31. The number of halogens is 1. The zero-order chi connectivity index (χ0) is 20.1. The van der Waals surface area contributed by atoms with Gasteiger partial charge in [-0.25, -0.2) is 4.79 Å². The molecule has 28 heavy (non-hydrogen) atoms. The molecule has 0 spiro atoms. The van der Waals surface area contributed by atoms with Gasteiger partial charge in [0.1, 0.15) is 5.75 Å². The van der Waals surface area contributed by atoms with Crippen LogP contribution in [0.25, 0.3) is 0 Å². The van der Waals surface area contributed by atoms with Gasteiger partial charge in [-0.1, -0.05) is 25.4 Å². The van der Waals surface area contributed by atoms with Crippen LogP contribution in [0.3, 0.4) is 0 Å². The normalized spacial score (nSPS) is 19.8. The van der Waals surface area contributed by atoms with E-state index >= 15 is 0 Å². The molecule has 2 saturated heterocycles. The Bertz CT molecular complexity index is 704. The van der Waals surface area contributed by atoms with E-state index in [0.717, 1.165) is 45.3 Å². The van der Waals surface area contributed by atoms with E-state index < -0.39 is 0 Å². The van der Waals surface area contributed by atoms with Crippen LogP contribution in [0.2, 0.25) is 5.02 Å². The number of likely N-dealkylation sites (tertiary alicyclic amines) is 2. The van der Waals surface area contributed by atoms with Gasteiger partial charge in [0.05, 0.1) is 17.5 Å². The lowest BCUT2D eigenvalue weighted by Crippen LogP contribution is -2.48. The predicted molar refractivity (Wildman–Crippen MR) is 111 cm³/mol. The molecule has 3 amide bonds. The average molecular weight is 408 g/mol. The minimum absolute atomic E-state index is 0.0640. The lowest BCUT2D eigenvalue weighted by molar-refractivity contribution is -0.121. The first-order valence-corrected chi connectivity index (χ1v) is 10.6. The van der Waals surface area contributed by atoms with Gasteiger partial charge in [-0.15, -0.1) is 0 Å². The van der Waals surface area contributed by atoms with Crippen molar-refractivity contribution in [2.75, 3.05) is 38.1 Å². The quantitative estimate of drug-likeness (QED) is 0.793. The van der Waals surface area contributed by atoms with E-state index in [1.807, 2.05) is 9.80 Å². The van der Waals surface area contributed by atoms with E-state index in [4.69, 9.17) is 16.3 Å². The lowest BCUT2D eigenvalue weighted by atomic mass is 9.97. The highest BCUT2D eigenvalue weighted by molar-refractivity contribution is 6.32. The maximum atomic E-state index is 12.7. The second-order valence-electron chi connectivity index (χ2n) is 8.10. The Kier molecular flexibility index (Phi) is 7.05. The van der Waals surface area contributed by atoms with Gasteiger partial charge in [0.25, 0.3) is 0 Å². The minimum atomic E-state index is -0.198. The lowest BCUT2D eigenvalue weighted by Gasteiger charge is -2.34. The molecule has 1 aromatic carbocycles. The number of amides is 3. The van der Waals surface area contributed by atoms with Crippen LogP contribution >= 0.6 is 11.6 Å². The summed E-state index contributed by atoms with van der Waals surface area (Å²) in [7, 11) is 0. The summed E-state index contributed by atoms with van der Waals surface area (Å²) >= 11 is 6.28. The first-order chi connectivity index (χ1) is 13.4. The molecule has 0 aromatic heterocycles. The van der Waals surface area contributed by atoms with Gasteiger partial charge in [0.15, 0.2) is 0 Å². The van der Waals surface area contributed by atoms with Crippen molar-refractivity contribution in [3.8, 4) is 5.75 Å². The summed E-state index contributed by atoms with van der Waals surface area (Å²) in [5, 5.41) is 3.42. The largest absolute Gasteiger partial charge is 0.492 e. The number of ether oxygens (including phenoxy) is 1. The molecule has 2 fully saturated rings. The molecule has 1 aromatic rings. The summed E-state index contributed by atoms with van der Waals surface area (Å²) in [4.78, 5) is 29.1. The van der Waals surface area contributed by atoms with E-state index in [0.29, 0.717) is 35.5 Å². The molecule has 0 aliphatic carbocycles. The summed E-state index contributed by atoms with van der Waals surface area (Å²) in [6.45, 7) is 7.60. The molecule has 0 bridgehead atoms. The molecule has 0 saturated carbocycles. The van der Waals surface area contributed by atoms with Gasteiger partial charge in [-0.3, -0.25) is 4.79 Å². The molecular formula is C21H30ClN3O3. The zero-order valence-corrected chi connectivity index (χ0v) is 17.5. The second kappa shape index (κ2) is 9.50. The summed E-state index contributed by atoms with van der Waals surface area (Å²) in [6, 6.07) is 5.37. The number of nitrogens with zero attached hydrogens (tertiary/aromatic N) is 2. The van der Waals surface area contributed by atoms with Crippen LogP contribution in [0.5, 0.6) is 5.75 Å². The van der Waals surface area contributed by atoms with Crippen molar-refractivity contribution >= 4 is 29.2 Å². The van der Waals surface area contributed by atoms with Crippen molar-refractivity contribution in [2.45, 2.75) is 39.5 Å². The SMILES string of the molecule is CC(C)COc1ccc(NC(=O)[C@H]2CCCN(C(=O)N3CCCC3)C2)cc1Cl. The van der Waals surface area contributed by atoms with Crippen LogP contribution in [0.15, 0.2) is 18.2 Å². The number of piperidine rings is 1. The number of carbonyl (C=O) groups is 2.